The van der Waals surface area contributed by atoms with E-state index >= 15 is 0 Å². The summed E-state index contributed by atoms with van der Waals surface area (Å²) in [5.41, 5.74) is 0.437. The highest BCUT2D eigenvalue weighted by Crippen LogP contribution is 2.23. The minimum absolute atomic E-state index is 0.342. The first-order chi connectivity index (χ1) is 13.8. The Balaban J connectivity index is 1.68. The molecule has 1 aromatic rings. The second-order valence-corrected chi connectivity index (χ2v) is 7.16. The monoisotopic (exact) mass is 392 g/mol. The molecule has 0 spiro atoms. The molecule has 0 unspecified atom stereocenters. The maximum absolute atomic E-state index is 12.7. The molecule has 0 N–H and O–H groups in total. The van der Waals surface area contributed by atoms with Crippen molar-refractivity contribution in [3.63, 3.8) is 0 Å². The lowest BCUT2D eigenvalue weighted by atomic mass is 10.2. The molecular weight excluding hydrogens is 360 g/mol. The molecule has 156 valence electrons. The second-order valence-electron chi connectivity index (χ2n) is 7.16. The number of ether oxygens (including phenoxy) is 3. The van der Waals surface area contributed by atoms with Gasteiger partial charge in [0.2, 0.25) is 5.95 Å². The van der Waals surface area contributed by atoms with Gasteiger partial charge >= 0.3 is 5.97 Å². The molecule has 0 amide bonds. The number of morpholine rings is 2. The van der Waals surface area contributed by atoms with Crippen LogP contribution >= 0.6 is 0 Å². The molecule has 8 nitrogen and oxygen atoms in total. The minimum Gasteiger partial charge on any atom is -0.462 e. The number of esters is 1. The van der Waals surface area contributed by atoms with E-state index < -0.39 is 0 Å². The molecule has 0 saturated carbocycles. The van der Waals surface area contributed by atoms with E-state index in [1.165, 1.54) is 19.3 Å². The van der Waals surface area contributed by atoms with Crippen molar-refractivity contribution in [1.29, 1.82) is 0 Å². The Labute approximate surface area is 167 Å². The first-order valence-electron chi connectivity index (χ1n) is 10.5. The lowest BCUT2D eigenvalue weighted by Crippen LogP contribution is -2.40. The van der Waals surface area contributed by atoms with Crippen molar-refractivity contribution < 1.29 is 19.0 Å². The highest BCUT2D eigenvalue weighted by Gasteiger charge is 2.24. The maximum Gasteiger partial charge on any atom is 0.343 e. The average molecular weight is 393 g/mol. The molecule has 3 rings (SSSR count). The van der Waals surface area contributed by atoms with Crippen molar-refractivity contribution in [2.45, 2.75) is 39.0 Å². The zero-order valence-electron chi connectivity index (χ0n) is 16.9. The van der Waals surface area contributed by atoms with Gasteiger partial charge in [-0.2, -0.15) is 4.98 Å². The summed E-state index contributed by atoms with van der Waals surface area (Å²) in [6.45, 7) is 8.13. The Morgan fingerprint density at radius 2 is 1.64 bits per heavy atom. The van der Waals surface area contributed by atoms with Gasteiger partial charge < -0.3 is 24.0 Å². The fourth-order valence-electron chi connectivity index (χ4n) is 3.39. The lowest BCUT2D eigenvalue weighted by molar-refractivity contribution is 0.0496. The molecule has 1 aromatic heterocycles. The van der Waals surface area contributed by atoms with E-state index in [0.29, 0.717) is 63.5 Å². The molecule has 0 aromatic carbocycles. The van der Waals surface area contributed by atoms with Crippen LogP contribution < -0.4 is 9.80 Å². The number of anilines is 2. The second kappa shape index (κ2) is 11.2. The quantitative estimate of drug-likeness (QED) is 0.468. The fraction of sp³-hybridized carbons (Fsp3) is 0.750. The van der Waals surface area contributed by atoms with Crippen molar-refractivity contribution in [2.24, 2.45) is 0 Å². The van der Waals surface area contributed by atoms with Gasteiger partial charge in [-0.15, -0.1) is 0 Å². The number of carbonyl (C=O) groups excluding carboxylic acids is 1. The van der Waals surface area contributed by atoms with E-state index in [0.717, 1.165) is 25.9 Å². The summed E-state index contributed by atoms with van der Waals surface area (Å²) in [6, 6.07) is 0. The topological polar surface area (TPSA) is 77.0 Å². The van der Waals surface area contributed by atoms with E-state index in [4.69, 9.17) is 19.2 Å². The van der Waals surface area contributed by atoms with E-state index in [2.05, 4.69) is 21.7 Å². The molecule has 28 heavy (non-hydrogen) atoms. The Kier molecular flexibility index (Phi) is 8.29. The van der Waals surface area contributed by atoms with Gasteiger partial charge in [0.25, 0.3) is 0 Å². The fourth-order valence-corrected chi connectivity index (χ4v) is 3.39. The third kappa shape index (κ3) is 5.78. The third-order valence-corrected chi connectivity index (χ3v) is 5.06. The van der Waals surface area contributed by atoms with Crippen molar-refractivity contribution in [1.82, 2.24) is 9.97 Å². The van der Waals surface area contributed by atoms with Crippen LogP contribution in [0.5, 0.6) is 0 Å². The van der Waals surface area contributed by atoms with Crippen LogP contribution in [0.4, 0.5) is 11.8 Å². The summed E-state index contributed by atoms with van der Waals surface area (Å²) in [5.74, 6) is 0.946. The van der Waals surface area contributed by atoms with Gasteiger partial charge in [0.1, 0.15) is 11.4 Å². The number of carbonyl (C=O) groups is 1. The summed E-state index contributed by atoms with van der Waals surface area (Å²) in [4.78, 5) is 26.1. The molecule has 0 bridgehead atoms. The van der Waals surface area contributed by atoms with E-state index in [-0.39, 0.29) is 5.97 Å². The smallest absolute Gasteiger partial charge is 0.343 e. The summed E-state index contributed by atoms with van der Waals surface area (Å²) in [7, 11) is 0. The standard InChI is InChI=1S/C20H32N4O4/c1-2-3-4-5-6-11-28-19(25)17-16-21-20(24-9-14-27-15-10-24)22-18(17)23-7-12-26-13-8-23/h16H,2-15H2,1H3. The molecule has 2 fully saturated rings. The van der Waals surface area contributed by atoms with E-state index in [1.807, 2.05) is 0 Å². The molecule has 0 atom stereocenters. The SMILES string of the molecule is CCCCCCCOC(=O)c1cnc(N2CCOCC2)nc1N1CCOCC1. The Morgan fingerprint density at radius 3 is 2.32 bits per heavy atom. The number of hydrogen-bond acceptors (Lipinski definition) is 8. The number of aromatic nitrogens is 2. The first kappa shape index (κ1) is 20.8. The molecule has 2 aliphatic rings. The van der Waals surface area contributed by atoms with Gasteiger partial charge in [-0.25, -0.2) is 9.78 Å². The molecular formula is C20H32N4O4. The lowest BCUT2D eigenvalue weighted by Gasteiger charge is -2.31. The van der Waals surface area contributed by atoms with Crippen LogP contribution in [0.3, 0.4) is 0 Å². The van der Waals surface area contributed by atoms with Crippen molar-refractivity contribution in [3.8, 4) is 0 Å². The average Bonchev–Trinajstić information content (AvgIpc) is 2.77. The summed E-state index contributed by atoms with van der Waals surface area (Å²) in [5, 5.41) is 0. The van der Waals surface area contributed by atoms with Crippen molar-refractivity contribution >= 4 is 17.7 Å². The van der Waals surface area contributed by atoms with Gasteiger partial charge in [-0.3, -0.25) is 0 Å². The molecule has 0 radical (unpaired) electrons. The summed E-state index contributed by atoms with van der Waals surface area (Å²) >= 11 is 0. The zero-order chi connectivity index (χ0) is 19.6. The third-order valence-electron chi connectivity index (χ3n) is 5.06. The zero-order valence-corrected chi connectivity index (χ0v) is 16.9. The first-order valence-corrected chi connectivity index (χ1v) is 10.5. The highest BCUT2D eigenvalue weighted by molar-refractivity contribution is 5.94. The molecule has 8 heteroatoms. The Bertz CT molecular complexity index is 616. The highest BCUT2D eigenvalue weighted by atomic mass is 16.5. The molecule has 0 aliphatic carbocycles. The van der Waals surface area contributed by atoms with E-state index in [1.54, 1.807) is 6.20 Å². The van der Waals surface area contributed by atoms with Gasteiger partial charge in [-0.1, -0.05) is 32.6 Å². The number of hydrogen-bond donors (Lipinski definition) is 0. The van der Waals surface area contributed by atoms with Crippen molar-refractivity contribution in [3.05, 3.63) is 11.8 Å². The van der Waals surface area contributed by atoms with Crippen LogP contribution in [-0.2, 0) is 14.2 Å². The van der Waals surface area contributed by atoms with Gasteiger partial charge in [-0.05, 0) is 6.42 Å². The van der Waals surface area contributed by atoms with Gasteiger partial charge in [0.05, 0.1) is 33.0 Å². The summed E-state index contributed by atoms with van der Waals surface area (Å²) in [6.07, 6.45) is 7.21. The van der Waals surface area contributed by atoms with E-state index in [9.17, 15) is 4.79 Å². The molecule has 2 saturated heterocycles. The van der Waals surface area contributed by atoms with Crippen LogP contribution in [-0.4, -0.2) is 75.2 Å². The van der Waals surface area contributed by atoms with Crippen molar-refractivity contribution in [2.75, 3.05) is 69.0 Å². The largest absolute Gasteiger partial charge is 0.462 e. The molecule has 3 heterocycles. The predicted molar refractivity (Wildman–Crippen MR) is 107 cm³/mol. The van der Waals surface area contributed by atoms with Gasteiger partial charge in [0, 0.05) is 32.4 Å². The number of unbranched alkanes of at least 4 members (excludes halogenated alkanes) is 4. The minimum atomic E-state index is -0.342. The summed E-state index contributed by atoms with van der Waals surface area (Å²) < 4.78 is 16.4. The van der Waals surface area contributed by atoms with Gasteiger partial charge in [0.15, 0.2) is 0 Å². The van der Waals surface area contributed by atoms with Crippen LogP contribution in [0.2, 0.25) is 0 Å². The van der Waals surface area contributed by atoms with Crippen LogP contribution in [0.25, 0.3) is 0 Å². The normalized spacial score (nSPS) is 17.6. The van der Waals surface area contributed by atoms with Crippen LogP contribution in [0.1, 0.15) is 49.4 Å². The van der Waals surface area contributed by atoms with Crippen LogP contribution in [0, 0.1) is 0 Å². The Hall–Kier alpha value is -1.93. The maximum atomic E-state index is 12.7. The molecule has 2 aliphatic heterocycles. The number of rotatable bonds is 9. The Morgan fingerprint density at radius 1 is 1.00 bits per heavy atom. The predicted octanol–water partition coefficient (Wildman–Crippen LogP) is 2.28. The van der Waals surface area contributed by atoms with Crippen LogP contribution in [0.15, 0.2) is 6.20 Å². The number of nitrogens with zero attached hydrogens (tertiary/aromatic N) is 4.